The zero-order chi connectivity index (χ0) is 17.9. The van der Waals surface area contributed by atoms with Gasteiger partial charge in [0.1, 0.15) is 11.3 Å². The van der Waals surface area contributed by atoms with E-state index < -0.39 is 0 Å². The third-order valence-corrected chi connectivity index (χ3v) is 5.63. The average molecular weight is 368 g/mol. The van der Waals surface area contributed by atoms with E-state index >= 15 is 0 Å². The van der Waals surface area contributed by atoms with Crippen molar-refractivity contribution in [3.05, 3.63) is 23.0 Å². The topological polar surface area (TPSA) is 43.1 Å². The number of thioether (sulfide) groups is 1. The Morgan fingerprint density at radius 1 is 1.29 bits per heavy atom. The second-order valence-electron chi connectivity index (χ2n) is 6.87. The van der Waals surface area contributed by atoms with Crippen LogP contribution in [0.15, 0.2) is 21.4 Å². The molecule has 1 aromatic carbocycles. The molecule has 0 N–H and O–H groups in total. The first-order valence-corrected chi connectivity index (χ1v) is 9.88. The molecule has 0 bridgehead atoms. The Kier molecular flexibility index (Phi) is 6.38. The van der Waals surface area contributed by atoms with E-state index in [1.165, 1.54) is 0 Å². The van der Waals surface area contributed by atoms with E-state index in [2.05, 4.69) is 25.8 Å². The molecule has 1 saturated carbocycles. The van der Waals surface area contributed by atoms with E-state index in [9.17, 15) is 4.79 Å². The number of nitrogens with zero attached hydrogens (tertiary/aromatic N) is 1. The van der Waals surface area contributed by atoms with Crippen LogP contribution in [-0.4, -0.2) is 16.0 Å². The van der Waals surface area contributed by atoms with Gasteiger partial charge in [0, 0.05) is 23.5 Å². The lowest BCUT2D eigenvalue weighted by atomic mass is 9.97. The van der Waals surface area contributed by atoms with E-state index in [1.807, 2.05) is 26.0 Å². The maximum atomic E-state index is 11.7. The van der Waals surface area contributed by atoms with Crippen molar-refractivity contribution in [1.82, 2.24) is 4.98 Å². The van der Waals surface area contributed by atoms with Crippen molar-refractivity contribution in [2.24, 2.45) is 0 Å². The first-order valence-electron chi connectivity index (χ1n) is 8.62. The molecule has 0 aliphatic heterocycles. The molecule has 24 heavy (non-hydrogen) atoms. The number of aromatic nitrogens is 1. The number of ketones is 1. The fraction of sp³-hybridized carbons (Fsp3) is 0.579. The highest BCUT2D eigenvalue weighted by atomic mass is 35.5. The first-order chi connectivity index (χ1) is 11.3. The van der Waals surface area contributed by atoms with Crippen LogP contribution in [0.3, 0.4) is 0 Å². The highest BCUT2D eigenvalue weighted by Gasteiger charge is 2.26. The molecule has 0 amide bonds. The van der Waals surface area contributed by atoms with Gasteiger partial charge in [0.05, 0.1) is 9.92 Å². The van der Waals surface area contributed by atoms with Gasteiger partial charge in [-0.3, -0.25) is 4.79 Å². The number of Topliss-reactive ketones (excluding diaryl/α,β-unsaturated/α-hetero) is 1. The number of fused-ring (bicyclic) bond motifs is 1. The summed E-state index contributed by atoms with van der Waals surface area (Å²) in [5, 5.41) is 0.958. The lowest BCUT2D eigenvalue weighted by molar-refractivity contribution is -0.120. The maximum Gasteiger partial charge on any atom is 0.200 e. The van der Waals surface area contributed by atoms with Crippen LogP contribution in [0.4, 0.5) is 0 Å². The molecular formula is C19H26ClNO2S. The van der Waals surface area contributed by atoms with Crippen LogP contribution in [0.1, 0.15) is 66.2 Å². The predicted molar refractivity (Wildman–Crippen MR) is 102 cm³/mol. The molecule has 3 rings (SSSR count). The summed E-state index contributed by atoms with van der Waals surface area (Å²) in [5.41, 5.74) is 1.44. The largest absolute Gasteiger partial charge is 0.439 e. The lowest BCUT2D eigenvalue weighted by Gasteiger charge is -2.20. The Hall–Kier alpha value is -1.00. The van der Waals surface area contributed by atoms with Gasteiger partial charge in [0.15, 0.2) is 5.58 Å². The van der Waals surface area contributed by atoms with Crippen molar-refractivity contribution < 1.29 is 9.21 Å². The highest BCUT2D eigenvalue weighted by molar-refractivity contribution is 8.00. The molecule has 0 saturated heterocycles. The van der Waals surface area contributed by atoms with Crippen LogP contribution in [0.2, 0.25) is 5.02 Å². The number of carbonyl (C=O) groups is 1. The first kappa shape index (κ1) is 19.3. The van der Waals surface area contributed by atoms with Gasteiger partial charge in [0.2, 0.25) is 5.89 Å². The van der Waals surface area contributed by atoms with Crippen LogP contribution >= 0.6 is 23.4 Å². The monoisotopic (exact) mass is 367 g/mol. The van der Waals surface area contributed by atoms with E-state index in [0.717, 1.165) is 28.8 Å². The molecule has 5 heteroatoms. The molecule has 2 aromatic rings. The molecule has 1 aromatic heterocycles. The molecule has 1 aliphatic rings. The molecule has 1 heterocycles. The Labute approximate surface area is 153 Å². The van der Waals surface area contributed by atoms with Crippen LogP contribution in [0.25, 0.3) is 11.1 Å². The van der Waals surface area contributed by atoms with Crippen molar-refractivity contribution in [1.29, 1.82) is 0 Å². The minimum absolute atomic E-state index is 0.145. The molecule has 1 fully saturated rings. The van der Waals surface area contributed by atoms with Crippen molar-refractivity contribution in [2.45, 2.75) is 75.9 Å². The van der Waals surface area contributed by atoms with Crippen molar-refractivity contribution in [2.75, 3.05) is 0 Å². The third kappa shape index (κ3) is 4.34. The van der Waals surface area contributed by atoms with E-state index in [-0.39, 0.29) is 10.7 Å². The summed E-state index contributed by atoms with van der Waals surface area (Å²) in [5.74, 6) is 1.06. The van der Waals surface area contributed by atoms with Gasteiger partial charge in [-0.05, 0) is 25.0 Å². The van der Waals surface area contributed by atoms with E-state index in [1.54, 1.807) is 11.8 Å². The summed E-state index contributed by atoms with van der Waals surface area (Å²) in [4.78, 5) is 17.2. The maximum absolute atomic E-state index is 11.7. The van der Waals surface area contributed by atoms with Gasteiger partial charge in [0.25, 0.3) is 0 Å². The number of rotatable bonds is 2. The van der Waals surface area contributed by atoms with Gasteiger partial charge in [-0.2, -0.15) is 0 Å². The van der Waals surface area contributed by atoms with Crippen LogP contribution in [0.5, 0.6) is 0 Å². The Balaban J connectivity index is 0.00000100. The average Bonchev–Trinajstić information content (AvgIpc) is 2.97. The van der Waals surface area contributed by atoms with Gasteiger partial charge in [-0.15, -0.1) is 11.8 Å². The Morgan fingerprint density at radius 2 is 2.00 bits per heavy atom. The molecule has 1 aliphatic carbocycles. The fourth-order valence-electron chi connectivity index (χ4n) is 2.63. The van der Waals surface area contributed by atoms with Crippen LogP contribution < -0.4 is 0 Å². The molecular weight excluding hydrogens is 342 g/mol. The molecule has 132 valence electrons. The summed E-state index contributed by atoms with van der Waals surface area (Å²) >= 11 is 8.05. The summed E-state index contributed by atoms with van der Waals surface area (Å²) in [6.45, 7) is 10.2. The van der Waals surface area contributed by atoms with Gasteiger partial charge >= 0.3 is 0 Å². The highest BCUT2D eigenvalue weighted by Crippen LogP contribution is 2.41. The van der Waals surface area contributed by atoms with Crippen molar-refractivity contribution in [3.63, 3.8) is 0 Å². The van der Waals surface area contributed by atoms with E-state index in [4.69, 9.17) is 16.0 Å². The van der Waals surface area contributed by atoms with Crippen LogP contribution in [0, 0.1) is 0 Å². The zero-order valence-corrected chi connectivity index (χ0v) is 16.7. The SMILES string of the molecule is CC.CC(C)(C)c1nc2ccc(Cl)c(SC3CCCC(=O)C3)c2o1. The van der Waals surface area contributed by atoms with Crippen molar-refractivity contribution in [3.8, 4) is 0 Å². The third-order valence-electron chi connectivity index (χ3n) is 3.83. The quantitative estimate of drug-likeness (QED) is 0.615. The molecule has 1 atom stereocenters. The zero-order valence-electron chi connectivity index (χ0n) is 15.1. The number of hydrogen-bond donors (Lipinski definition) is 0. The van der Waals surface area contributed by atoms with E-state index in [0.29, 0.717) is 29.5 Å². The van der Waals surface area contributed by atoms with Gasteiger partial charge < -0.3 is 4.42 Å². The fourth-order valence-corrected chi connectivity index (χ4v) is 4.23. The minimum Gasteiger partial charge on any atom is -0.439 e. The smallest absolute Gasteiger partial charge is 0.200 e. The standard InChI is InChI=1S/C17H20ClNO2S.C2H6/c1-17(2,3)16-19-13-8-7-12(18)15(14(13)21-16)22-11-6-4-5-10(20)9-11;1-2/h7-8,11H,4-6,9H2,1-3H3;1-2H3. The molecule has 0 spiro atoms. The van der Waals surface area contributed by atoms with Crippen LogP contribution in [-0.2, 0) is 10.2 Å². The minimum atomic E-state index is -0.145. The molecule has 1 unspecified atom stereocenters. The normalized spacial score (nSPS) is 18.4. The number of oxazole rings is 1. The van der Waals surface area contributed by atoms with Crippen molar-refractivity contribution >= 4 is 40.2 Å². The summed E-state index contributed by atoms with van der Waals surface area (Å²) in [7, 11) is 0. The lowest BCUT2D eigenvalue weighted by Crippen LogP contribution is -2.16. The predicted octanol–water partition coefficient (Wildman–Crippen LogP) is 6.41. The summed E-state index contributed by atoms with van der Waals surface area (Å²) in [6, 6.07) is 3.76. The Morgan fingerprint density at radius 3 is 2.62 bits per heavy atom. The summed E-state index contributed by atoms with van der Waals surface area (Å²) < 4.78 is 6.01. The summed E-state index contributed by atoms with van der Waals surface area (Å²) in [6.07, 6.45) is 3.35. The number of carbonyl (C=O) groups excluding carboxylic acids is 1. The second kappa shape index (κ2) is 7.92. The van der Waals surface area contributed by atoms with Gasteiger partial charge in [-0.25, -0.2) is 4.98 Å². The number of halogens is 1. The Bertz CT molecular complexity index is 718. The molecule has 0 radical (unpaired) electrons. The second-order valence-corrected chi connectivity index (χ2v) is 8.59. The van der Waals surface area contributed by atoms with Gasteiger partial charge in [-0.1, -0.05) is 46.2 Å². The number of hydrogen-bond acceptors (Lipinski definition) is 4. The molecule has 3 nitrogen and oxygen atoms in total. The number of benzene rings is 1.